The van der Waals surface area contributed by atoms with Crippen molar-refractivity contribution >= 4 is 5.82 Å². The summed E-state index contributed by atoms with van der Waals surface area (Å²) in [6.45, 7) is 7.09. The van der Waals surface area contributed by atoms with Gasteiger partial charge in [0.15, 0.2) is 0 Å². The number of hydrogen-bond donors (Lipinski definition) is 1. The summed E-state index contributed by atoms with van der Waals surface area (Å²) < 4.78 is 5.07. The number of aromatic nitrogens is 3. The molecule has 2 aromatic heterocycles. The van der Waals surface area contributed by atoms with E-state index in [-0.39, 0.29) is 0 Å². The number of nitrogens with one attached hydrogen (secondary N) is 1. The van der Waals surface area contributed by atoms with E-state index in [4.69, 9.17) is 4.74 Å². The zero-order valence-corrected chi connectivity index (χ0v) is 13.1. The molecule has 0 aliphatic heterocycles. The monoisotopic (exact) mass is 286 g/mol. The summed E-state index contributed by atoms with van der Waals surface area (Å²) in [5, 5.41) is 3.33. The molecule has 112 valence electrons. The number of methoxy groups -OCH3 is 1. The lowest BCUT2D eigenvalue weighted by molar-refractivity contribution is 0.397. The second-order valence-electron chi connectivity index (χ2n) is 4.82. The minimum absolute atomic E-state index is 0.616. The van der Waals surface area contributed by atoms with Crippen molar-refractivity contribution in [3.05, 3.63) is 41.0 Å². The maximum Gasteiger partial charge on any atom is 0.212 e. The van der Waals surface area contributed by atoms with Crippen molar-refractivity contribution in [2.75, 3.05) is 19.0 Å². The first-order chi connectivity index (χ1) is 10.2. The molecule has 0 saturated carbocycles. The summed E-state index contributed by atoms with van der Waals surface area (Å²) >= 11 is 0. The number of hydrogen-bond acceptors (Lipinski definition) is 5. The second-order valence-corrected chi connectivity index (χ2v) is 4.82. The summed E-state index contributed by atoms with van der Waals surface area (Å²) in [5.41, 5.74) is 3.30. The molecule has 0 unspecified atom stereocenters. The smallest absolute Gasteiger partial charge is 0.212 e. The van der Waals surface area contributed by atoms with Crippen LogP contribution in [0.3, 0.4) is 0 Å². The van der Waals surface area contributed by atoms with E-state index in [2.05, 4.69) is 34.1 Å². The third-order valence-electron chi connectivity index (χ3n) is 3.33. The zero-order chi connectivity index (χ0) is 15.2. The Kier molecular flexibility index (Phi) is 5.09. The van der Waals surface area contributed by atoms with Gasteiger partial charge in [0.05, 0.1) is 7.11 Å². The number of nitrogens with zero attached hydrogens (tertiary/aromatic N) is 3. The molecule has 0 fully saturated rings. The molecule has 0 aromatic carbocycles. The molecular formula is C16H22N4O. The predicted octanol–water partition coefficient (Wildman–Crippen LogP) is 2.77. The first-order valence-electron chi connectivity index (χ1n) is 7.27. The molecule has 2 heterocycles. The van der Waals surface area contributed by atoms with Gasteiger partial charge in [0, 0.05) is 36.5 Å². The summed E-state index contributed by atoms with van der Waals surface area (Å²) in [6, 6.07) is 3.85. The third-order valence-corrected chi connectivity index (χ3v) is 3.33. The molecule has 1 N–H and O–H groups in total. The van der Waals surface area contributed by atoms with Crippen molar-refractivity contribution in [3.63, 3.8) is 0 Å². The molecule has 0 saturated heterocycles. The quantitative estimate of drug-likeness (QED) is 0.884. The van der Waals surface area contributed by atoms with E-state index in [0.717, 1.165) is 35.9 Å². The lowest BCUT2D eigenvalue weighted by Crippen LogP contribution is -2.10. The van der Waals surface area contributed by atoms with Gasteiger partial charge in [0.25, 0.3) is 0 Å². The highest BCUT2D eigenvalue weighted by Crippen LogP contribution is 2.18. The van der Waals surface area contributed by atoms with Crippen LogP contribution in [0.5, 0.6) is 5.88 Å². The van der Waals surface area contributed by atoms with Crippen molar-refractivity contribution in [1.82, 2.24) is 15.0 Å². The van der Waals surface area contributed by atoms with Crippen LogP contribution in [0.2, 0.25) is 0 Å². The topological polar surface area (TPSA) is 59.9 Å². The van der Waals surface area contributed by atoms with Gasteiger partial charge < -0.3 is 10.1 Å². The van der Waals surface area contributed by atoms with Gasteiger partial charge in [-0.3, -0.25) is 0 Å². The maximum absolute atomic E-state index is 5.07. The Morgan fingerprint density at radius 2 is 2.00 bits per heavy atom. The van der Waals surface area contributed by atoms with Gasteiger partial charge in [-0.05, 0) is 25.8 Å². The van der Waals surface area contributed by atoms with Crippen molar-refractivity contribution < 1.29 is 4.74 Å². The van der Waals surface area contributed by atoms with Gasteiger partial charge in [-0.2, -0.15) is 0 Å². The molecule has 0 bridgehead atoms. The van der Waals surface area contributed by atoms with Crippen LogP contribution in [0.4, 0.5) is 5.82 Å². The third kappa shape index (κ3) is 3.68. The average Bonchev–Trinajstić information content (AvgIpc) is 2.48. The lowest BCUT2D eigenvalue weighted by Gasteiger charge is -2.13. The highest BCUT2D eigenvalue weighted by Gasteiger charge is 2.10. The van der Waals surface area contributed by atoms with Crippen molar-refractivity contribution in [2.24, 2.45) is 0 Å². The van der Waals surface area contributed by atoms with Crippen LogP contribution < -0.4 is 10.1 Å². The number of pyridine rings is 1. The number of ether oxygens (including phenoxy) is 1. The van der Waals surface area contributed by atoms with Crippen molar-refractivity contribution in [2.45, 2.75) is 33.6 Å². The normalized spacial score (nSPS) is 10.5. The molecule has 21 heavy (non-hydrogen) atoms. The summed E-state index contributed by atoms with van der Waals surface area (Å²) in [4.78, 5) is 13.5. The lowest BCUT2D eigenvalue weighted by atomic mass is 10.1. The molecule has 5 nitrogen and oxygen atoms in total. The Morgan fingerprint density at radius 3 is 2.57 bits per heavy atom. The summed E-state index contributed by atoms with van der Waals surface area (Å²) in [5.74, 6) is 2.38. The van der Waals surface area contributed by atoms with Gasteiger partial charge >= 0.3 is 0 Å². The Labute approximate surface area is 125 Å². The molecule has 0 atom stereocenters. The fourth-order valence-corrected chi connectivity index (χ4v) is 2.29. The van der Waals surface area contributed by atoms with E-state index in [1.807, 2.05) is 19.1 Å². The molecular weight excluding hydrogens is 264 g/mol. The zero-order valence-electron chi connectivity index (χ0n) is 13.1. The Bertz CT molecular complexity index is 596. The standard InChI is InChI=1S/C16H22N4O/c1-5-13-11(3)19-14(20-16(13)17-6-2)9-12-7-8-15(21-4)18-10-12/h7-8,10H,5-6,9H2,1-4H3,(H,17,19,20). The Hall–Kier alpha value is -2.17. The Morgan fingerprint density at radius 1 is 1.19 bits per heavy atom. The molecule has 0 radical (unpaired) electrons. The van der Waals surface area contributed by atoms with E-state index >= 15 is 0 Å². The van der Waals surface area contributed by atoms with Crippen LogP contribution >= 0.6 is 0 Å². The summed E-state index contributed by atoms with van der Waals surface area (Å²) in [7, 11) is 1.61. The van der Waals surface area contributed by atoms with E-state index in [0.29, 0.717) is 12.3 Å². The van der Waals surface area contributed by atoms with Crippen molar-refractivity contribution in [1.29, 1.82) is 0 Å². The Balaban J connectivity index is 2.26. The van der Waals surface area contributed by atoms with E-state index < -0.39 is 0 Å². The number of rotatable bonds is 6. The largest absolute Gasteiger partial charge is 0.481 e. The predicted molar refractivity (Wildman–Crippen MR) is 83.9 cm³/mol. The maximum atomic E-state index is 5.07. The minimum Gasteiger partial charge on any atom is -0.481 e. The van der Waals surface area contributed by atoms with Gasteiger partial charge in [0.1, 0.15) is 11.6 Å². The molecule has 0 amide bonds. The van der Waals surface area contributed by atoms with Crippen LogP contribution in [-0.2, 0) is 12.8 Å². The summed E-state index contributed by atoms with van der Waals surface area (Å²) in [6.07, 6.45) is 3.40. The van der Waals surface area contributed by atoms with E-state index in [1.54, 1.807) is 13.3 Å². The van der Waals surface area contributed by atoms with Crippen LogP contribution in [0.1, 0.15) is 36.5 Å². The van der Waals surface area contributed by atoms with E-state index in [9.17, 15) is 0 Å². The fourth-order valence-electron chi connectivity index (χ4n) is 2.29. The van der Waals surface area contributed by atoms with Crippen LogP contribution in [-0.4, -0.2) is 28.6 Å². The molecule has 2 aromatic rings. The highest BCUT2D eigenvalue weighted by atomic mass is 16.5. The average molecular weight is 286 g/mol. The molecule has 0 aliphatic rings. The van der Waals surface area contributed by atoms with Gasteiger partial charge in [-0.15, -0.1) is 0 Å². The van der Waals surface area contributed by atoms with Gasteiger partial charge in [-0.1, -0.05) is 13.0 Å². The fraction of sp³-hybridized carbons (Fsp3) is 0.438. The first kappa shape index (κ1) is 15.2. The van der Waals surface area contributed by atoms with Crippen LogP contribution in [0.15, 0.2) is 18.3 Å². The molecule has 2 rings (SSSR count). The molecule has 0 aliphatic carbocycles. The van der Waals surface area contributed by atoms with E-state index in [1.165, 1.54) is 5.56 Å². The van der Waals surface area contributed by atoms with Gasteiger partial charge in [-0.25, -0.2) is 15.0 Å². The molecule has 5 heteroatoms. The van der Waals surface area contributed by atoms with Crippen LogP contribution in [0, 0.1) is 6.92 Å². The number of aryl methyl sites for hydroxylation is 1. The molecule has 0 spiro atoms. The van der Waals surface area contributed by atoms with Crippen molar-refractivity contribution in [3.8, 4) is 5.88 Å². The minimum atomic E-state index is 0.616. The first-order valence-corrected chi connectivity index (χ1v) is 7.27. The highest BCUT2D eigenvalue weighted by molar-refractivity contribution is 5.46. The second kappa shape index (κ2) is 7.02. The van der Waals surface area contributed by atoms with Gasteiger partial charge in [0.2, 0.25) is 5.88 Å². The van der Waals surface area contributed by atoms with Crippen LogP contribution in [0.25, 0.3) is 0 Å². The SMILES string of the molecule is CCNc1nc(Cc2ccc(OC)nc2)nc(C)c1CC. The number of anilines is 1.